The second-order valence-corrected chi connectivity index (χ2v) is 5.66. The Labute approximate surface area is 143 Å². The van der Waals surface area contributed by atoms with Gasteiger partial charge < -0.3 is 20.1 Å². The maximum atomic E-state index is 6.24. The topological polar surface area (TPSA) is 47.7 Å². The Morgan fingerprint density at radius 2 is 1.83 bits per heavy atom. The van der Waals surface area contributed by atoms with Gasteiger partial charge in [0.2, 0.25) is 0 Å². The molecule has 1 aliphatic heterocycles. The number of para-hydroxylation sites is 2. The molecule has 2 aromatic carbocycles. The van der Waals surface area contributed by atoms with E-state index in [9.17, 15) is 0 Å². The highest BCUT2D eigenvalue weighted by Gasteiger charge is 2.30. The Morgan fingerprint density at radius 3 is 2.52 bits per heavy atom. The average Bonchev–Trinajstić information content (AvgIpc) is 2.55. The van der Waals surface area contributed by atoms with Crippen molar-refractivity contribution in [3.63, 3.8) is 0 Å². The van der Waals surface area contributed by atoms with Crippen LogP contribution in [-0.2, 0) is 4.74 Å². The molecule has 3 rings (SSSR count). The van der Waals surface area contributed by atoms with Gasteiger partial charge in [-0.15, -0.1) is 12.4 Å². The molecule has 0 spiro atoms. The van der Waals surface area contributed by atoms with Crippen LogP contribution >= 0.6 is 12.4 Å². The summed E-state index contributed by atoms with van der Waals surface area (Å²) in [4.78, 5) is 2.27. The molecule has 2 N–H and O–H groups in total. The fraction of sp³-hybridized carbons (Fsp3) is 0.333. The lowest BCUT2D eigenvalue weighted by Gasteiger charge is -2.35. The van der Waals surface area contributed by atoms with E-state index in [1.54, 1.807) is 0 Å². The van der Waals surface area contributed by atoms with Crippen molar-refractivity contribution in [1.29, 1.82) is 0 Å². The molecule has 0 aromatic heterocycles. The van der Waals surface area contributed by atoms with E-state index in [1.165, 1.54) is 0 Å². The lowest BCUT2D eigenvalue weighted by atomic mass is 10.0. The quantitative estimate of drug-likeness (QED) is 0.873. The standard InChI is InChI=1S/C18H22N2O2.ClH/c1-20-11-12-21-17(13-20)18(14-7-3-2-4-8-14)22-16-10-6-5-9-15(16)19;/h2-10,17-18H,11-13,19H2,1H3;1H. The van der Waals surface area contributed by atoms with Crippen molar-refractivity contribution in [1.82, 2.24) is 4.90 Å². The van der Waals surface area contributed by atoms with Crippen molar-refractivity contribution < 1.29 is 9.47 Å². The van der Waals surface area contributed by atoms with Crippen molar-refractivity contribution >= 4 is 18.1 Å². The van der Waals surface area contributed by atoms with E-state index in [-0.39, 0.29) is 24.6 Å². The van der Waals surface area contributed by atoms with Gasteiger partial charge in [-0.1, -0.05) is 42.5 Å². The van der Waals surface area contributed by atoms with Crippen LogP contribution in [-0.4, -0.2) is 37.7 Å². The van der Waals surface area contributed by atoms with Crippen LogP contribution in [0.1, 0.15) is 11.7 Å². The molecule has 1 saturated heterocycles. The predicted octanol–water partition coefficient (Wildman–Crippen LogP) is 3.14. The van der Waals surface area contributed by atoms with Crippen molar-refractivity contribution in [3.8, 4) is 5.75 Å². The van der Waals surface area contributed by atoms with Crippen molar-refractivity contribution in [2.45, 2.75) is 12.2 Å². The largest absolute Gasteiger partial charge is 0.481 e. The average molecular weight is 335 g/mol. The maximum Gasteiger partial charge on any atom is 0.151 e. The molecular formula is C18H23ClN2O2. The van der Waals surface area contributed by atoms with Crippen LogP contribution in [0.3, 0.4) is 0 Å². The fourth-order valence-electron chi connectivity index (χ4n) is 2.72. The van der Waals surface area contributed by atoms with Crippen LogP contribution in [0.2, 0.25) is 0 Å². The van der Waals surface area contributed by atoms with Gasteiger partial charge in [0, 0.05) is 13.1 Å². The number of likely N-dealkylation sites (N-methyl/N-ethyl adjacent to an activating group) is 1. The molecule has 5 heteroatoms. The first kappa shape index (κ1) is 17.6. The second kappa shape index (κ2) is 8.20. The highest BCUT2D eigenvalue weighted by Crippen LogP contribution is 2.31. The molecule has 23 heavy (non-hydrogen) atoms. The van der Waals surface area contributed by atoms with Gasteiger partial charge in [-0.2, -0.15) is 0 Å². The number of hydrogen-bond donors (Lipinski definition) is 1. The summed E-state index contributed by atoms with van der Waals surface area (Å²) in [5.41, 5.74) is 7.78. The SMILES string of the molecule is CN1CCOC(C(Oc2ccccc2N)c2ccccc2)C1.Cl. The Morgan fingerprint density at radius 1 is 1.13 bits per heavy atom. The first-order valence-corrected chi connectivity index (χ1v) is 7.60. The molecular weight excluding hydrogens is 312 g/mol. The summed E-state index contributed by atoms with van der Waals surface area (Å²) < 4.78 is 12.2. The fourth-order valence-corrected chi connectivity index (χ4v) is 2.72. The van der Waals surface area contributed by atoms with Crippen molar-refractivity contribution in [3.05, 3.63) is 60.2 Å². The number of ether oxygens (including phenoxy) is 2. The first-order chi connectivity index (χ1) is 10.7. The molecule has 0 aliphatic carbocycles. The summed E-state index contributed by atoms with van der Waals surface area (Å²) in [5, 5.41) is 0. The number of nitrogens with zero attached hydrogens (tertiary/aromatic N) is 1. The number of hydrogen-bond acceptors (Lipinski definition) is 4. The Kier molecular flexibility index (Phi) is 6.28. The second-order valence-electron chi connectivity index (χ2n) is 5.66. The Bertz CT molecular complexity index is 609. The Balaban J connectivity index is 0.00000192. The van der Waals surface area contributed by atoms with Gasteiger partial charge in [0.15, 0.2) is 6.10 Å². The number of benzene rings is 2. The van der Waals surface area contributed by atoms with Crippen LogP contribution in [0, 0.1) is 0 Å². The third-order valence-corrected chi connectivity index (χ3v) is 3.94. The van der Waals surface area contributed by atoms with E-state index in [1.807, 2.05) is 42.5 Å². The van der Waals surface area contributed by atoms with Crippen molar-refractivity contribution in [2.75, 3.05) is 32.5 Å². The summed E-state index contributed by atoms with van der Waals surface area (Å²) in [6, 6.07) is 17.8. The van der Waals surface area contributed by atoms with Crippen LogP contribution in [0.15, 0.2) is 54.6 Å². The molecule has 2 atom stereocenters. The van der Waals surface area contributed by atoms with Crippen LogP contribution in [0.5, 0.6) is 5.75 Å². The molecule has 0 bridgehead atoms. The number of nitrogens with two attached hydrogens (primary N) is 1. The minimum Gasteiger partial charge on any atom is -0.481 e. The van der Waals surface area contributed by atoms with Gasteiger partial charge in [0.1, 0.15) is 11.9 Å². The van der Waals surface area contributed by atoms with Gasteiger partial charge >= 0.3 is 0 Å². The van der Waals surface area contributed by atoms with Crippen LogP contribution < -0.4 is 10.5 Å². The number of morpholine rings is 1. The van der Waals surface area contributed by atoms with E-state index < -0.39 is 0 Å². The Hall–Kier alpha value is -1.75. The summed E-state index contributed by atoms with van der Waals surface area (Å²) in [5.74, 6) is 0.702. The zero-order chi connectivity index (χ0) is 15.4. The van der Waals surface area contributed by atoms with E-state index in [2.05, 4.69) is 24.1 Å². The van der Waals surface area contributed by atoms with Gasteiger partial charge in [-0.3, -0.25) is 0 Å². The predicted molar refractivity (Wildman–Crippen MR) is 95.2 cm³/mol. The first-order valence-electron chi connectivity index (χ1n) is 7.60. The van der Waals surface area contributed by atoms with Gasteiger partial charge in [0.05, 0.1) is 12.3 Å². The molecule has 0 saturated carbocycles. The monoisotopic (exact) mass is 334 g/mol. The van der Waals surface area contributed by atoms with E-state index >= 15 is 0 Å². The smallest absolute Gasteiger partial charge is 0.151 e. The van der Waals surface area contributed by atoms with E-state index in [4.69, 9.17) is 15.2 Å². The maximum absolute atomic E-state index is 6.24. The zero-order valence-electron chi connectivity index (χ0n) is 13.2. The minimum absolute atomic E-state index is 0. The summed E-state index contributed by atoms with van der Waals surface area (Å²) in [7, 11) is 2.11. The number of rotatable bonds is 4. The summed E-state index contributed by atoms with van der Waals surface area (Å²) >= 11 is 0. The molecule has 1 fully saturated rings. The lowest BCUT2D eigenvalue weighted by Crippen LogP contribution is -2.44. The third kappa shape index (κ3) is 4.38. The third-order valence-electron chi connectivity index (χ3n) is 3.94. The number of halogens is 1. The highest BCUT2D eigenvalue weighted by molar-refractivity contribution is 5.85. The zero-order valence-corrected chi connectivity index (χ0v) is 14.0. The van der Waals surface area contributed by atoms with Crippen LogP contribution in [0.4, 0.5) is 5.69 Å². The summed E-state index contributed by atoms with van der Waals surface area (Å²) in [6.07, 6.45) is -0.186. The van der Waals surface area contributed by atoms with Gasteiger partial charge in [0.25, 0.3) is 0 Å². The number of nitrogen functional groups attached to an aromatic ring is 1. The summed E-state index contributed by atoms with van der Waals surface area (Å²) in [6.45, 7) is 2.51. The molecule has 0 radical (unpaired) electrons. The van der Waals surface area contributed by atoms with Gasteiger partial charge in [-0.25, -0.2) is 0 Å². The molecule has 2 unspecified atom stereocenters. The van der Waals surface area contributed by atoms with Crippen LogP contribution in [0.25, 0.3) is 0 Å². The molecule has 0 amide bonds. The number of anilines is 1. The van der Waals surface area contributed by atoms with E-state index in [0.717, 1.165) is 25.3 Å². The molecule has 124 valence electrons. The van der Waals surface area contributed by atoms with Gasteiger partial charge in [-0.05, 0) is 24.7 Å². The lowest BCUT2D eigenvalue weighted by molar-refractivity contribution is -0.0758. The molecule has 1 aliphatic rings. The normalized spacial score (nSPS) is 19.6. The van der Waals surface area contributed by atoms with Crippen molar-refractivity contribution in [2.24, 2.45) is 0 Å². The minimum atomic E-state index is -0.173. The molecule has 4 nitrogen and oxygen atoms in total. The van der Waals surface area contributed by atoms with E-state index in [0.29, 0.717) is 11.4 Å². The molecule has 1 heterocycles. The molecule has 2 aromatic rings. The highest BCUT2D eigenvalue weighted by atomic mass is 35.5.